The monoisotopic (exact) mass is 263 g/mol. The van der Waals surface area contributed by atoms with E-state index in [2.05, 4.69) is 35.8 Å². The minimum absolute atomic E-state index is 0.596. The summed E-state index contributed by atoms with van der Waals surface area (Å²) in [5.41, 5.74) is 11.4. The summed E-state index contributed by atoms with van der Waals surface area (Å²) in [6.07, 6.45) is 2.49. The van der Waals surface area contributed by atoms with Crippen LogP contribution in [0, 0.1) is 6.92 Å². The zero-order chi connectivity index (χ0) is 13.7. The van der Waals surface area contributed by atoms with Crippen LogP contribution in [0.3, 0.4) is 0 Å². The lowest BCUT2D eigenvalue weighted by molar-refractivity contribution is 0.775. The Morgan fingerprint density at radius 1 is 1.15 bits per heavy atom. The number of aromatic nitrogens is 2. The van der Waals surface area contributed by atoms with E-state index in [4.69, 9.17) is 10.7 Å². The molecule has 2 aromatic carbocycles. The SMILES string of the molecule is Cc1ccc(N)cc1-c1nc2ccccc2n1C1CC1. The van der Waals surface area contributed by atoms with E-state index in [1.165, 1.54) is 23.9 Å². The minimum Gasteiger partial charge on any atom is -0.399 e. The number of fused-ring (bicyclic) bond motifs is 1. The summed E-state index contributed by atoms with van der Waals surface area (Å²) in [6.45, 7) is 2.12. The Bertz CT molecular complexity index is 797. The molecule has 0 spiro atoms. The van der Waals surface area contributed by atoms with Crippen molar-refractivity contribution in [1.82, 2.24) is 9.55 Å². The molecule has 4 rings (SSSR count). The summed E-state index contributed by atoms with van der Waals surface area (Å²) < 4.78 is 2.39. The van der Waals surface area contributed by atoms with Gasteiger partial charge in [-0.2, -0.15) is 0 Å². The van der Waals surface area contributed by atoms with Crippen molar-refractivity contribution in [2.75, 3.05) is 5.73 Å². The Kier molecular flexibility index (Phi) is 2.36. The van der Waals surface area contributed by atoms with Gasteiger partial charge in [0.15, 0.2) is 0 Å². The van der Waals surface area contributed by atoms with Crippen molar-refractivity contribution in [2.24, 2.45) is 0 Å². The lowest BCUT2D eigenvalue weighted by atomic mass is 10.1. The summed E-state index contributed by atoms with van der Waals surface area (Å²) in [5.74, 6) is 1.05. The maximum Gasteiger partial charge on any atom is 0.141 e. The van der Waals surface area contributed by atoms with Gasteiger partial charge in [0, 0.05) is 17.3 Å². The highest BCUT2D eigenvalue weighted by Gasteiger charge is 2.28. The molecule has 1 aromatic heterocycles. The molecule has 1 heterocycles. The average Bonchev–Trinajstić information content (AvgIpc) is 3.21. The van der Waals surface area contributed by atoms with Crippen LogP contribution in [0.2, 0.25) is 0 Å². The second-order valence-corrected chi connectivity index (χ2v) is 5.60. The van der Waals surface area contributed by atoms with Crippen LogP contribution in [-0.4, -0.2) is 9.55 Å². The van der Waals surface area contributed by atoms with Gasteiger partial charge in [0.25, 0.3) is 0 Å². The molecule has 0 unspecified atom stereocenters. The van der Waals surface area contributed by atoms with Gasteiger partial charge in [-0.05, 0) is 49.6 Å². The molecule has 1 aliphatic carbocycles. The summed E-state index contributed by atoms with van der Waals surface area (Å²) >= 11 is 0. The van der Waals surface area contributed by atoms with Gasteiger partial charge in [-0.1, -0.05) is 18.2 Å². The molecule has 0 atom stereocenters. The lowest BCUT2D eigenvalue weighted by Gasteiger charge is -2.10. The predicted octanol–water partition coefficient (Wildman–Crippen LogP) is 3.93. The third kappa shape index (κ3) is 1.70. The molecule has 2 N–H and O–H groups in total. The number of para-hydroxylation sites is 2. The highest BCUT2D eigenvalue weighted by Crippen LogP contribution is 2.41. The average molecular weight is 263 g/mol. The van der Waals surface area contributed by atoms with E-state index in [1.807, 2.05) is 18.2 Å². The molecule has 100 valence electrons. The molecule has 3 aromatic rings. The molecule has 0 aliphatic heterocycles. The molecule has 3 nitrogen and oxygen atoms in total. The third-order valence-electron chi connectivity index (χ3n) is 4.01. The Hall–Kier alpha value is -2.29. The van der Waals surface area contributed by atoms with Gasteiger partial charge in [0.2, 0.25) is 0 Å². The first-order valence-electron chi connectivity index (χ1n) is 7.07. The maximum atomic E-state index is 5.96. The quantitative estimate of drug-likeness (QED) is 0.712. The Morgan fingerprint density at radius 2 is 1.95 bits per heavy atom. The van der Waals surface area contributed by atoms with Crippen molar-refractivity contribution in [3.63, 3.8) is 0 Å². The Morgan fingerprint density at radius 3 is 2.75 bits per heavy atom. The zero-order valence-corrected chi connectivity index (χ0v) is 11.5. The number of anilines is 1. The van der Waals surface area contributed by atoms with Gasteiger partial charge in [-0.3, -0.25) is 0 Å². The zero-order valence-electron chi connectivity index (χ0n) is 11.5. The van der Waals surface area contributed by atoms with E-state index in [9.17, 15) is 0 Å². The molecule has 1 fully saturated rings. The predicted molar refractivity (Wildman–Crippen MR) is 82.6 cm³/mol. The van der Waals surface area contributed by atoms with Crippen molar-refractivity contribution in [3.8, 4) is 11.4 Å². The first-order valence-corrected chi connectivity index (χ1v) is 7.07. The number of hydrogen-bond donors (Lipinski definition) is 1. The number of aryl methyl sites for hydroxylation is 1. The standard InChI is InChI=1S/C17H17N3/c1-11-6-7-12(18)10-14(11)17-19-15-4-2-3-5-16(15)20(17)13-8-9-13/h2-7,10,13H,8-9,18H2,1H3. The van der Waals surface area contributed by atoms with Gasteiger partial charge in [0.05, 0.1) is 11.0 Å². The molecule has 1 aliphatic rings. The number of nitrogen functional groups attached to an aromatic ring is 1. The molecule has 0 amide bonds. The lowest BCUT2D eigenvalue weighted by Crippen LogP contribution is -1.99. The van der Waals surface area contributed by atoms with Crippen LogP contribution in [0.1, 0.15) is 24.4 Å². The first kappa shape index (κ1) is 11.5. The van der Waals surface area contributed by atoms with E-state index in [-0.39, 0.29) is 0 Å². The summed E-state index contributed by atoms with van der Waals surface area (Å²) in [5, 5.41) is 0. The summed E-state index contributed by atoms with van der Waals surface area (Å²) in [6, 6.07) is 15.0. The van der Waals surface area contributed by atoms with Crippen molar-refractivity contribution in [1.29, 1.82) is 0 Å². The number of nitrogens with zero attached hydrogens (tertiary/aromatic N) is 2. The van der Waals surface area contributed by atoms with Crippen LogP contribution in [0.15, 0.2) is 42.5 Å². The number of hydrogen-bond acceptors (Lipinski definition) is 2. The van der Waals surface area contributed by atoms with Crippen molar-refractivity contribution in [2.45, 2.75) is 25.8 Å². The Balaban J connectivity index is 2.03. The van der Waals surface area contributed by atoms with Gasteiger partial charge in [-0.15, -0.1) is 0 Å². The second-order valence-electron chi connectivity index (χ2n) is 5.60. The molecule has 0 radical (unpaired) electrons. The Labute approximate surface area is 118 Å². The van der Waals surface area contributed by atoms with E-state index >= 15 is 0 Å². The van der Waals surface area contributed by atoms with E-state index in [0.717, 1.165) is 22.6 Å². The van der Waals surface area contributed by atoms with Gasteiger partial charge in [0.1, 0.15) is 5.82 Å². The fraction of sp³-hybridized carbons (Fsp3) is 0.235. The fourth-order valence-electron chi connectivity index (χ4n) is 2.82. The van der Waals surface area contributed by atoms with E-state index < -0.39 is 0 Å². The number of imidazole rings is 1. The molecular formula is C17H17N3. The van der Waals surface area contributed by atoms with Gasteiger partial charge >= 0.3 is 0 Å². The minimum atomic E-state index is 0.596. The maximum absolute atomic E-state index is 5.96. The normalized spacial score (nSPS) is 14.8. The van der Waals surface area contributed by atoms with E-state index in [1.54, 1.807) is 0 Å². The third-order valence-corrected chi connectivity index (χ3v) is 4.01. The van der Waals surface area contributed by atoms with Crippen LogP contribution in [0.25, 0.3) is 22.4 Å². The number of benzene rings is 2. The van der Waals surface area contributed by atoms with Gasteiger partial charge < -0.3 is 10.3 Å². The molecule has 0 saturated heterocycles. The van der Waals surface area contributed by atoms with E-state index in [0.29, 0.717) is 6.04 Å². The van der Waals surface area contributed by atoms with Crippen molar-refractivity contribution in [3.05, 3.63) is 48.0 Å². The largest absolute Gasteiger partial charge is 0.399 e. The molecule has 20 heavy (non-hydrogen) atoms. The van der Waals surface area contributed by atoms with Crippen LogP contribution < -0.4 is 5.73 Å². The summed E-state index contributed by atoms with van der Waals surface area (Å²) in [4.78, 5) is 4.85. The fourth-order valence-corrected chi connectivity index (χ4v) is 2.82. The first-order chi connectivity index (χ1) is 9.74. The second kappa shape index (κ2) is 4.10. The number of nitrogens with two attached hydrogens (primary N) is 1. The highest BCUT2D eigenvalue weighted by molar-refractivity contribution is 5.82. The number of rotatable bonds is 2. The van der Waals surface area contributed by atoms with Crippen molar-refractivity contribution < 1.29 is 0 Å². The molecule has 0 bridgehead atoms. The van der Waals surface area contributed by atoms with Crippen molar-refractivity contribution >= 4 is 16.7 Å². The van der Waals surface area contributed by atoms with Crippen LogP contribution in [-0.2, 0) is 0 Å². The summed E-state index contributed by atoms with van der Waals surface area (Å²) in [7, 11) is 0. The molecule has 3 heteroatoms. The highest BCUT2D eigenvalue weighted by atomic mass is 15.1. The topological polar surface area (TPSA) is 43.8 Å². The molecular weight excluding hydrogens is 246 g/mol. The van der Waals surface area contributed by atoms with Gasteiger partial charge in [-0.25, -0.2) is 4.98 Å². The van der Waals surface area contributed by atoms with Crippen LogP contribution in [0.4, 0.5) is 5.69 Å². The van der Waals surface area contributed by atoms with Crippen LogP contribution >= 0.6 is 0 Å². The van der Waals surface area contributed by atoms with Crippen LogP contribution in [0.5, 0.6) is 0 Å². The smallest absolute Gasteiger partial charge is 0.141 e. The molecule has 1 saturated carbocycles.